The van der Waals surface area contributed by atoms with Gasteiger partial charge in [-0.15, -0.1) is 24.0 Å². The maximum atomic E-state index is 5.70. The molecule has 1 aliphatic carbocycles. The third kappa shape index (κ3) is 7.31. The maximum Gasteiger partial charge on any atom is 0.191 e. The number of halogens is 1. The van der Waals surface area contributed by atoms with Crippen LogP contribution in [-0.2, 0) is 9.47 Å². The summed E-state index contributed by atoms with van der Waals surface area (Å²) in [6, 6.07) is 0.648. The molecule has 0 radical (unpaired) electrons. The Hall–Kier alpha value is -0.0800. The summed E-state index contributed by atoms with van der Waals surface area (Å²) in [6.07, 6.45) is 4.86. The Labute approximate surface area is 132 Å². The van der Waals surface area contributed by atoms with Gasteiger partial charge < -0.3 is 20.1 Å². The van der Waals surface area contributed by atoms with Crippen molar-refractivity contribution in [1.82, 2.24) is 10.6 Å². The minimum atomic E-state index is 0. The molecule has 2 aliphatic rings. The van der Waals surface area contributed by atoms with E-state index in [0.717, 1.165) is 51.7 Å². The molecular weight excluding hydrogens is 357 g/mol. The van der Waals surface area contributed by atoms with Gasteiger partial charge in [-0.25, -0.2) is 0 Å². The average molecular weight is 383 g/mol. The topological polar surface area (TPSA) is 54.9 Å². The van der Waals surface area contributed by atoms with Crippen molar-refractivity contribution in [3.63, 3.8) is 0 Å². The molecule has 0 spiro atoms. The average Bonchev–Trinajstić information content (AvgIpc) is 3.03. The van der Waals surface area contributed by atoms with Crippen LogP contribution >= 0.6 is 24.0 Å². The van der Waals surface area contributed by atoms with E-state index in [1.807, 2.05) is 0 Å². The van der Waals surface area contributed by atoms with Crippen LogP contribution in [-0.4, -0.2) is 51.0 Å². The standard InChI is InChI=1S/C13H25N3O2.HI/c1-2-14-13(16-11-4-5-11)15-7-3-8-18-12-6-9-17-10-12;/h11-12H,2-10H2,1H3,(H2,14,15,16);1H. The molecule has 1 saturated heterocycles. The van der Waals surface area contributed by atoms with E-state index < -0.39 is 0 Å². The molecular formula is C13H26IN3O2. The zero-order valence-electron chi connectivity index (χ0n) is 11.7. The van der Waals surface area contributed by atoms with Crippen molar-refractivity contribution in [2.75, 3.05) is 32.9 Å². The molecule has 0 aromatic carbocycles. The number of hydrogen-bond donors (Lipinski definition) is 2. The van der Waals surface area contributed by atoms with E-state index in [1.165, 1.54) is 12.8 Å². The summed E-state index contributed by atoms with van der Waals surface area (Å²) in [5.41, 5.74) is 0. The molecule has 1 saturated carbocycles. The van der Waals surface area contributed by atoms with Gasteiger partial charge in [-0.3, -0.25) is 4.99 Å². The van der Waals surface area contributed by atoms with E-state index in [0.29, 0.717) is 12.1 Å². The van der Waals surface area contributed by atoms with Gasteiger partial charge in [0.1, 0.15) is 0 Å². The van der Waals surface area contributed by atoms with Gasteiger partial charge in [-0.05, 0) is 32.6 Å². The first-order valence-electron chi connectivity index (χ1n) is 7.12. The summed E-state index contributed by atoms with van der Waals surface area (Å²) in [7, 11) is 0. The van der Waals surface area contributed by atoms with Gasteiger partial charge in [0.15, 0.2) is 5.96 Å². The molecule has 6 heteroatoms. The summed E-state index contributed by atoms with van der Waals surface area (Å²) >= 11 is 0. The van der Waals surface area contributed by atoms with Crippen LogP contribution in [0, 0.1) is 0 Å². The fraction of sp³-hybridized carbons (Fsp3) is 0.923. The molecule has 19 heavy (non-hydrogen) atoms. The Bertz CT molecular complexity index is 267. The second-order valence-corrected chi connectivity index (χ2v) is 4.89. The predicted octanol–water partition coefficient (Wildman–Crippen LogP) is 1.52. The lowest BCUT2D eigenvalue weighted by atomic mass is 10.3. The highest BCUT2D eigenvalue weighted by Gasteiger charge is 2.22. The fourth-order valence-corrected chi connectivity index (χ4v) is 1.89. The van der Waals surface area contributed by atoms with Gasteiger partial charge in [-0.2, -0.15) is 0 Å². The number of guanidine groups is 1. The third-order valence-corrected chi connectivity index (χ3v) is 3.08. The van der Waals surface area contributed by atoms with Crippen molar-refractivity contribution >= 4 is 29.9 Å². The molecule has 0 bridgehead atoms. The van der Waals surface area contributed by atoms with Crippen molar-refractivity contribution in [3.8, 4) is 0 Å². The van der Waals surface area contributed by atoms with E-state index in [2.05, 4.69) is 22.5 Å². The zero-order chi connectivity index (χ0) is 12.6. The number of nitrogens with zero attached hydrogens (tertiary/aromatic N) is 1. The lowest BCUT2D eigenvalue weighted by Gasteiger charge is -2.11. The lowest BCUT2D eigenvalue weighted by molar-refractivity contribution is 0.0424. The molecule has 5 nitrogen and oxygen atoms in total. The van der Waals surface area contributed by atoms with E-state index in [1.54, 1.807) is 0 Å². The molecule has 1 unspecified atom stereocenters. The number of hydrogen-bond acceptors (Lipinski definition) is 3. The molecule has 1 atom stereocenters. The first-order chi connectivity index (χ1) is 8.88. The van der Waals surface area contributed by atoms with Gasteiger partial charge in [0.05, 0.1) is 12.7 Å². The summed E-state index contributed by atoms with van der Waals surface area (Å²) in [5, 5.41) is 6.67. The normalized spacial score (nSPS) is 23.0. The van der Waals surface area contributed by atoms with Crippen LogP contribution in [0.25, 0.3) is 0 Å². The van der Waals surface area contributed by atoms with Gasteiger partial charge in [0.25, 0.3) is 0 Å². The van der Waals surface area contributed by atoms with E-state index in [4.69, 9.17) is 9.47 Å². The Balaban J connectivity index is 0.00000180. The Morgan fingerprint density at radius 2 is 2.21 bits per heavy atom. The second-order valence-electron chi connectivity index (χ2n) is 4.89. The smallest absolute Gasteiger partial charge is 0.191 e. The SMILES string of the molecule is CCNC(=NCCCOC1CCOC1)NC1CC1.I. The first-order valence-corrected chi connectivity index (χ1v) is 7.12. The minimum absolute atomic E-state index is 0. The number of rotatable bonds is 7. The van der Waals surface area contributed by atoms with E-state index in [9.17, 15) is 0 Å². The molecule has 0 amide bonds. The van der Waals surface area contributed by atoms with Crippen molar-refractivity contribution < 1.29 is 9.47 Å². The molecule has 2 rings (SSSR count). The molecule has 112 valence electrons. The Morgan fingerprint density at radius 3 is 2.84 bits per heavy atom. The van der Waals surface area contributed by atoms with Crippen LogP contribution < -0.4 is 10.6 Å². The molecule has 0 aromatic rings. The minimum Gasteiger partial charge on any atom is -0.379 e. The largest absolute Gasteiger partial charge is 0.379 e. The van der Waals surface area contributed by atoms with Crippen LogP contribution in [0.15, 0.2) is 4.99 Å². The van der Waals surface area contributed by atoms with Crippen LogP contribution in [0.5, 0.6) is 0 Å². The Kier molecular flexibility index (Phi) is 8.72. The number of ether oxygens (including phenoxy) is 2. The molecule has 1 aliphatic heterocycles. The third-order valence-electron chi connectivity index (χ3n) is 3.08. The highest BCUT2D eigenvalue weighted by atomic mass is 127. The fourth-order valence-electron chi connectivity index (χ4n) is 1.89. The van der Waals surface area contributed by atoms with Crippen LogP contribution in [0.3, 0.4) is 0 Å². The number of nitrogens with one attached hydrogen (secondary N) is 2. The van der Waals surface area contributed by atoms with Crippen LogP contribution in [0.1, 0.15) is 32.6 Å². The molecule has 1 heterocycles. The maximum absolute atomic E-state index is 5.70. The van der Waals surface area contributed by atoms with Crippen LogP contribution in [0.4, 0.5) is 0 Å². The van der Waals surface area contributed by atoms with E-state index in [-0.39, 0.29) is 24.0 Å². The lowest BCUT2D eigenvalue weighted by Crippen LogP contribution is -2.38. The quantitative estimate of drug-likeness (QED) is 0.303. The summed E-state index contributed by atoms with van der Waals surface area (Å²) in [6.45, 7) is 6.20. The van der Waals surface area contributed by atoms with Gasteiger partial charge in [-0.1, -0.05) is 0 Å². The van der Waals surface area contributed by atoms with Crippen molar-refractivity contribution in [3.05, 3.63) is 0 Å². The second kappa shape index (κ2) is 9.77. The van der Waals surface area contributed by atoms with Crippen molar-refractivity contribution in [2.45, 2.75) is 44.8 Å². The predicted molar refractivity (Wildman–Crippen MR) is 87.3 cm³/mol. The molecule has 2 fully saturated rings. The first kappa shape index (κ1) is 17.0. The van der Waals surface area contributed by atoms with Crippen LogP contribution in [0.2, 0.25) is 0 Å². The van der Waals surface area contributed by atoms with Crippen molar-refractivity contribution in [1.29, 1.82) is 0 Å². The van der Waals surface area contributed by atoms with Gasteiger partial charge >= 0.3 is 0 Å². The van der Waals surface area contributed by atoms with Crippen molar-refractivity contribution in [2.24, 2.45) is 4.99 Å². The Morgan fingerprint density at radius 1 is 1.37 bits per heavy atom. The van der Waals surface area contributed by atoms with Gasteiger partial charge in [0.2, 0.25) is 0 Å². The van der Waals surface area contributed by atoms with E-state index >= 15 is 0 Å². The highest BCUT2D eigenvalue weighted by Crippen LogP contribution is 2.18. The zero-order valence-corrected chi connectivity index (χ0v) is 14.0. The molecule has 0 aromatic heterocycles. The summed E-state index contributed by atoms with van der Waals surface area (Å²) in [5.74, 6) is 0.948. The molecule has 2 N–H and O–H groups in total. The van der Waals surface area contributed by atoms with Gasteiger partial charge in [0, 0.05) is 32.3 Å². The monoisotopic (exact) mass is 383 g/mol. The highest BCUT2D eigenvalue weighted by molar-refractivity contribution is 14.0. The number of aliphatic imine (C=N–C) groups is 1. The summed E-state index contributed by atoms with van der Waals surface area (Å²) in [4.78, 5) is 4.54. The summed E-state index contributed by atoms with van der Waals surface area (Å²) < 4.78 is 11.0.